The highest BCUT2D eigenvalue weighted by Crippen LogP contribution is 2.27. The first-order valence-electron chi connectivity index (χ1n) is 6.57. The van der Waals surface area contributed by atoms with Crippen LogP contribution in [-0.4, -0.2) is 21.0 Å². The number of methoxy groups -OCH3 is 2. The molecule has 2 aromatic rings. The Labute approximate surface area is 127 Å². The Bertz CT molecular complexity index is 647. The highest BCUT2D eigenvalue weighted by atomic mass is 19.3. The summed E-state index contributed by atoms with van der Waals surface area (Å²) < 4.78 is 40.6. The average Bonchev–Trinajstić information content (AvgIpc) is 2.55. The van der Waals surface area contributed by atoms with Crippen LogP contribution in [0.2, 0.25) is 0 Å². The largest absolute Gasteiger partial charge is 0.497 e. The summed E-state index contributed by atoms with van der Waals surface area (Å²) in [5, 5.41) is 0. The minimum Gasteiger partial charge on any atom is -0.497 e. The van der Waals surface area contributed by atoms with E-state index < -0.39 is 11.8 Å². The number of ether oxygens (including phenoxy) is 3. The third-order valence-corrected chi connectivity index (χ3v) is 3.04. The van der Waals surface area contributed by atoms with Crippen LogP contribution in [0.25, 0.3) is 16.9 Å². The number of halogens is 2. The van der Waals surface area contributed by atoms with Gasteiger partial charge < -0.3 is 14.2 Å². The third kappa shape index (κ3) is 3.83. The van der Waals surface area contributed by atoms with Crippen LogP contribution in [0.15, 0.2) is 54.6 Å². The molecule has 116 valence electrons. The normalized spacial score (nSPS) is 10.2. The van der Waals surface area contributed by atoms with Gasteiger partial charge in [-0.15, -0.1) is 0 Å². The molecule has 0 saturated heterocycles. The SMILES string of the molecule is COCOC(=C(F)F)c1ccc(-c2cccc(OC)c2)cc1. The predicted molar refractivity (Wildman–Crippen MR) is 80.5 cm³/mol. The average molecular weight is 306 g/mol. The van der Waals surface area contributed by atoms with Crippen molar-refractivity contribution in [3.63, 3.8) is 0 Å². The second-order valence-corrected chi connectivity index (χ2v) is 4.45. The van der Waals surface area contributed by atoms with E-state index in [-0.39, 0.29) is 6.79 Å². The van der Waals surface area contributed by atoms with Crippen molar-refractivity contribution < 1.29 is 23.0 Å². The monoisotopic (exact) mass is 306 g/mol. The summed E-state index contributed by atoms with van der Waals surface area (Å²) in [4.78, 5) is 0. The number of rotatable bonds is 6. The summed E-state index contributed by atoms with van der Waals surface area (Å²) >= 11 is 0. The topological polar surface area (TPSA) is 27.7 Å². The maximum atomic E-state index is 12.9. The summed E-state index contributed by atoms with van der Waals surface area (Å²) in [7, 11) is 2.97. The zero-order chi connectivity index (χ0) is 15.9. The maximum absolute atomic E-state index is 12.9. The summed E-state index contributed by atoms with van der Waals surface area (Å²) in [5.74, 6) is 0.263. The number of hydrogen-bond acceptors (Lipinski definition) is 3. The van der Waals surface area contributed by atoms with Crippen molar-refractivity contribution in [3.8, 4) is 16.9 Å². The van der Waals surface area contributed by atoms with Crippen LogP contribution in [0, 0.1) is 0 Å². The number of benzene rings is 2. The van der Waals surface area contributed by atoms with Crippen molar-refractivity contribution in [1.29, 1.82) is 0 Å². The first-order valence-corrected chi connectivity index (χ1v) is 6.57. The summed E-state index contributed by atoms with van der Waals surface area (Å²) in [6.45, 7) is -0.232. The van der Waals surface area contributed by atoms with Crippen LogP contribution in [0.1, 0.15) is 5.56 Å². The lowest BCUT2D eigenvalue weighted by atomic mass is 10.0. The molecule has 0 amide bonds. The van der Waals surface area contributed by atoms with Crippen LogP contribution in [0.5, 0.6) is 5.75 Å². The first kappa shape index (κ1) is 16.0. The van der Waals surface area contributed by atoms with Crippen molar-refractivity contribution in [2.24, 2.45) is 0 Å². The lowest BCUT2D eigenvalue weighted by molar-refractivity contribution is 0.0283. The molecule has 0 aliphatic carbocycles. The molecule has 3 nitrogen and oxygen atoms in total. The van der Waals surface area contributed by atoms with Gasteiger partial charge in [-0.05, 0) is 23.3 Å². The molecular weight excluding hydrogens is 290 g/mol. The van der Waals surface area contributed by atoms with Crippen LogP contribution in [-0.2, 0) is 9.47 Å². The van der Waals surface area contributed by atoms with Gasteiger partial charge in [0.05, 0.1) is 7.11 Å². The van der Waals surface area contributed by atoms with Crippen molar-refractivity contribution in [2.45, 2.75) is 0 Å². The Balaban J connectivity index is 2.27. The first-order chi connectivity index (χ1) is 10.7. The van der Waals surface area contributed by atoms with Gasteiger partial charge in [-0.2, -0.15) is 8.78 Å². The highest BCUT2D eigenvalue weighted by molar-refractivity contribution is 5.69. The fraction of sp³-hybridized carbons (Fsp3) is 0.176. The molecule has 0 heterocycles. The molecule has 5 heteroatoms. The Morgan fingerprint density at radius 3 is 2.27 bits per heavy atom. The molecule has 0 N–H and O–H groups in total. The predicted octanol–water partition coefficient (Wildman–Crippen LogP) is 4.55. The third-order valence-electron chi connectivity index (χ3n) is 3.04. The lowest BCUT2D eigenvalue weighted by Gasteiger charge is -2.10. The van der Waals surface area contributed by atoms with Crippen molar-refractivity contribution in [1.82, 2.24) is 0 Å². The van der Waals surface area contributed by atoms with Gasteiger partial charge in [0, 0.05) is 12.7 Å². The molecule has 0 unspecified atom stereocenters. The van der Waals surface area contributed by atoms with Gasteiger partial charge in [0.15, 0.2) is 12.6 Å². The van der Waals surface area contributed by atoms with Gasteiger partial charge in [0.25, 0.3) is 0 Å². The van der Waals surface area contributed by atoms with Gasteiger partial charge in [0.2, 0.25) is 0 Å². The standard InChI is InChI=1S/C17H16F2O3/c1-20-11-22-16(17(18)19)13-8-6-12(7-9-13)14-4-3-5-15(10-14)21-2/h3-10H,11H2,1-2H3. The van der Waals surface area contributed by atoms with E-state index >= 15 is 0 Å². The summed E-state index contributed by atoms with van der Waals surface area (Å²) in [5.41, 5.74) is 2.13. The van der Waals surface area contributed by atoms with E-state index in [2.05, 4.69) is 4.74 Å². The fourth-order valence-corrected chi connectivity index (χ4v) is 1.98. The van der Waals surface area contributed by atoms with E-state index in [1.807, 2.05) is 24.3 Å². The molecule has 0 aliphatic rings. The summed E-state index contributed by atoms with van der Waals surface area (Å²) in [6, 6.07) is 14.2. The van der Waals surface area contributed by atoms with Crippen LogP contribution in [0.3, 0.4) is 0 Å². The molecule has 0 aromatic heterocycles. The molecule has 0 bridgehead atoms. The minimum absolute atomic E-state index is 0.232. The van der Waals surface area contributed by atoms with E-state index in [0.29, 0.717) is 5.56 Å². The molecule has 0 aliphatic heterocycles. The molecule has 2 rings (SSSR count). The van der Waals surface area contributed by atoms with Crippen molar-refractivity contribution in [3.05, 3.63) is 60.2 Å². The number of hydrogen-bond donors (Lipinski definition) is 0. The summed E-state index contributed by atoms with van der Waals surface area (Å²) in [6.07, 6.45) is -1.88. The van der Waals surface area contributed by atoms with Gasteiger partial charge in [-0.1, -0.05) is 36.4 Å². The molecule has 0 atom stereocenters. The van der Waals surface area contributed by atoms with Crippen LogP contribution in [0.4, 0.5) is 8.78 Å². The Morgan fingerprint density at radius 1 is 0.955 bits per heavy atom. The minimum atomic E-state index is -1.88. The zero-order valence-corrected chi connectivity index (χ0v) is 12.3. The Morgan fingerprint density at radius 2 is 1.68 bits per heavy atom. The fourth-order valence-electron chi connectivity index (χ4n) is 1.98. The second-order valence-electron chi connectivity index (χ2n) is 4.45. The van der Waals surface area contributed by atoms with Crippen molar-refractivity contribution >= 4 is 5.76 Å². The molecule has 0 radical (unpaired) electrons. The lowest BCUT2D eigenvalue weighted by Crippen LogP contribution is -1.97. The highest BCUT2D eigenvalue weighted by Gasteiger charge is 2.11. The Hall–Kier alpha value is -2.40. The van der Waals surface area contributed by atoms with Gasteiger partial charge in [0.1, 0.15) is 5.75 Å². The van der Waals surface area contributed by atoms with Crippen LogP contribution >= 0.6 is 0 Å². The van der Waals surface area contributed by atoms with Crippen LogP contribution < -0.4 is 4.74 Å². The van der Waals surface area contributed by atoms with E-state index in [1.165, 1.54) is 7.11 Å². The zero-order valence-electron chi connectivity index (χ0n) is 12.3. The molecular formula is C17H16F2O3. The second kappa shape index (κ2) is 7.56. The van der Waals surface area contributed by atoms with Gasteiger partial charge in [-0.3, -0.25) is 0 Å². The van der Waals surface area contributed by atoms with E-state index in [9.17, 15) is 8.78 Å². The quantitative estimate of drug-likeness (QED) is 0.579. The van der Waals surface area contributed by atoms with Gasteiger partial charge >= 0.3 is 6.08 Å². The molecule has 2 aromatic carbocycles. The van der Waals surface area contributed by atoms with Gasteiger partial charge in [-0.25, -0.2) is 0 Å². The van der Waals surface area contributed by atoms with E-state index in [1.54, 1.807) is 31.4 Å². The smallest absolute Gasteiger partial charge is 0.312 e. The molecule has 0 saturated carbocycles. The van der Waals surface area contributed by atoms with Crippen molar-refractivity contribution in [2.75, 3.05) is 21.0 Å². The van der Waals surface area contributed by atoms with E-state index in [4.69, 9.17) is 9.47 Å². The molecule has 0 fully saturated rings. The molecule has 0 spiro atoms. The maximum Gasteiger partial charge on any atom is 0.312 e. The molecule has 22 heavy (non-hydrogen) atoms. The van der Waals surface area contributed by atoms with E-state index in [0.717, 1.165) is 16.9 Å². The Kier molecular flexibility index (Phi) is 5.49.